The zero-order chi connectivity index (χ0) is 17.1. The molecule has 2 aromatic rings. The minimum absolute atomic E-state index is 0.288. The lowest BCUT2D eigenvalue weighted by atomic mass is 10.00. The summed E-state index contributed by atoms with van der Waals surface area (Å²) in [5.41, 5.74) is 2.88. The molecule has 2 aliphatic rings. The Labute approximate surface area is 149 Å². The van der Waals surface area contributed by atoms with Crippen molar-refractivity contribution >= 4 is 0 Å². The molecule has 0 amide bonds. The molecule has 134 valence electrons. The highest BCUT2D eigenvalue weighted by Crippen LogP contribution is 2.21. The summed E-state index contributed by atoms with van der Waals surface area (Å²) in [4.78, 5) is 4.84. The van der Waals surface area contributed by atoms with Crippen LogP contribution in [0.1, 0.15) is 24.0 Å². The molecule has 1 N–H and O–H groups in total. The number of aromatic nitrogens is 2. The van der Waals surface area contributed by atoms with Gasteiger partial charge >= 0.3 is 0 Å². The Morgan fingerprint density at radius 1 is 1.12 bits per heavy atom. The molecule has 1 aromatic heterocycles. The van der Waals surface area contributed by atoms with Crippen molar-refractivity contribution in [3.05, 3.63) is 53.9 Å². The van der Waals surface area contributed by atoms with Crippen molar-refractivity contribution in [2.45, 2.75) is 44.5 Å². The first-order chi connectivity index (χ1) is 12.3. The van der Waals surface area contributed by atoms with E-state index >= 15 is 0 Å². The number of β-amino-alcohol motifs (C(OH)–C–C–N with tert-alkyl or cyclic N) is 1. The molecule has 1 aromatic carbocycles. The zero-order valence-electron chi connectivity index (χ0n) is 14.8. The van der Waals surface area contributed by atoms with Crippen LogP contribution in [0.25, 0.3) is 0 Å². The van der Waals surface area contributed by atoms with Crippen LogP contribution < -0.4 is 0 Å². The van der Waals surface area contributed by atoms with E-state index in [0.717, 1.165) is 45.7 Å². The van der Waals surface area contributed by atoms with Crippen molar-refractivity contribution < 1.29 is 5.11 Å². The SMILES string of the molecule is O[C@@H](CN1CCc2ccccc2C1)CN1CCC[C@H]1Cn1cccn1. The fraction of sp³-hybridized carbons (Fsp3) is 0.550. The zero-order valence-corrected chi connectivity index (χ0v) is 14.8. The summed E-state index contributed by atoms with van der Waals surface area (Å²) < 4.78 is 2.01. The van der Waals surface area contributed by atoms with Crippen LogP contribution >= 0.6 is 0 Å². The van der Waals surface area contributed by atoms with E-state index in [0.29, 0.717) is 6.04 Å². The van der Waals surface area contributed by atoms with Crippen LogP contribution in [0.5, 0.6) is 0 Å². The number of benzene rings is 1. The Balaban J connectivity index is 1.29. The molecule has 2 aliphatic heterocycles. The molecular formula is C20H28N4O. The molecule has 2 atom stereocenters. The average Bonchev–Trinajstić information content (AvgIpc) is 3.28. The van der Waals surface area contributed by atoms with Gasteiger partial charge in [0.2, 0.25) is 0 Å². The van der Waals surface area contributed by atoms with Gasteiger partial charge in [-0.25, -0.2) is 0 Å². The monoisotopic (exact) mass is 340 g/mol. The smallest absolute Gasteiger partial charge is 0.0794 e. The van der Waals surface area contributed by atoms with Crippen molar-refractivity contribution in [1.29, 1.82) is 0 Å². The first kappa shape index (κ1) is 16.8. The maximum absolute atomic E-state index is 10.6. The van der Waals surface area contributed by atoms with Gasteiger partial charge in [0.15, 0.2) is 0 Å². The molecule has 0 spiro atoms. The predicted molar refractivity (Wildman–Crippen MR) is 98.3 cm³/mol. The van der Waals surface area contributed by atoms with Gasteiger partial charge in [-0.15, -0.1) is 0 Å². The fourth-order valence-electron chi connectivity index (χ4n) is 4.30. The van der Waals surface area contributed by atoms with Crippen LogP contribution in [-0.4, -0.2) is 63.0 Å². The van der Waals surface area contributed by atoms with E-state index in [4.69, 9.17) is 0 Å². The van der Waals surface area contributed by atoms with E-state index < -0.39 is 0 Å². The van der Waals surface area contributed by atoms with Gasteiger partial charge < -0.3 is 5.11 Å². The third-order valence-corrected chi connectivity index (χ3v) is 5.58. The van der Waals surface area contributed by atoms with E-state index in [9.17, 15) is 5.11 Å². The summed E-state index contributed by atoms with van der Waals surface area (Å²) in [5.74, 6) is 0. The minimum atomic E-state index is -0.288. The summed E-state index contributed by atoms with van der Waals surface area (Å²) in [7, 11) is 0. The van der Waals surface area contributed by atoms with Crippen LogP contribution in [0.4, 0.5) is 0 Å². The van der Waals surface area contributed by atoms with Crippen molar-refractivity contribution in [2.24, 2.45) is 0 Å². The standard InChI is InChI=1S/C20H28N4O/c25-20(15-22-12-8-17-5-1-2-6-18(17)13-22)16-23-10-3-7-19(23)14-24-11-4-9-21-24/h1-2,4-6,9,11,19-20,25H,3,7-8,10,12-16H2/t19-,20-/m0/s1. The lowest BCUT2D eigenvalue weighted by Gasteiger charge is -2.32. The third kappa shape index (κ3) is 4.11. The number of rotatable bonds is 6. The number of aliphatic hydroxyl groups is 1. The maximum Gasteiger partial charge on any atom is 0.0794 e. The molecule has 4 rings (SSSR count). The molecule has 5 nitrogen and oxygen atoms in total. The predicted octanol–water partition coefficient (Wildman–Crippen LogP) is 1.77. The van der Waals surface area contributed by atoms with Crippen LogP contribution in [-0.2, 0) is 19.5 Å². The third-order valence-electron chi connectivity index (χ3n) is 5.58. The first-order valence-corrected chi connectivity index (χ1v) is 9.46. The van der Waals surface area contributed by atoms with Crippen molar-refractivity contribution in [1.82, 2.24) is 19.6 Å². The largest absolute Gasteiger partial charge is 0.390 e. The average molecular weight is 340 g/mol. The Hall–Kier alpha value is -1.69. The molecule has 5 heteroatoms. The van der Waals surface area contributed by atoms with E-state index in [-0.39, 0.29) is 6.10 Å². The summed E-state index contributed by atoms with van der Waals surface area (Å²) in [6.07, 6.45) is 7.08. The molecule has 0 bridgehead atoms. The van der Waals surface area contributed by atoms with Crippen LogP contribution in [0.15, 0.2) is 42.7 Å². The molecule has 1 saturated heterocycles. The normalized spacial score (nSPS) is 22.8. The van der Waals surface area contributed by atoms with E-state index in [1.54, 1.807) is 0 Å². The maximum atomic E-state index is 10.6. The van der Waals surface area contributed by atoms with Gasteiger partial charge in [0.25, 0.3) is 0 Å². The molecule has 25 heavy (non-hydrogen) atoms. The Morgan fingerprint density at radius 2 is 2.00 bits per heavy atom. The molecule has 0 radical (unpaired) electrons. The Bertz CT molecular complexity index is 672. The number of hydrogen-bond donors (Lipinski definition) is 1. The van der Waals surface area contributed by atoms with Crippen LogP contribution in [0.2, 0.25) is 0 Å². The summed E-state index contributed by atoms with van der Waals surface area (Å²) >= 11 is 0. The first-order valence-electron chi connectivity index (χ1n) is 9.46. The molecule has 3 heterocycles. The topological polar surface area (TPSA) is 44.5 Å². The van der Waals surface area contributed by atoms with Crippen molar-refractivity contribution in [2.75, 3.05) is 26.2 Å². The molecule has 0 unspecified atom stereocenters. The molecule has 1 fully saturated rings. The van der Waals surface area contributed by atoms with E-state index in [1.165, 1.54) is 24.0 Å². The summed E-state index contributed by atoms with van der Waals surface area (Å²) in [6.45, 7) is 5.56. The molecule has 0 aliphatic carbocycles. The number of hydrogen-bond acceptors (Lipinski definition) is 4. The quantitative estimate of drug-likeness (QED) is 0.870. The Kier molecular flexibility index (Phi) is 5.15. The highest BCUT2D eigenvalue weighted by Gasteiger charge is 2.27. The van der Waals surface area contributed by atoms with Gasteiger partial charge in [0.1, 0.15) is 0 Å². The van der Waals surface area contributed by atoms with Gasteiger partial charge in [-0.2, -0.15) is 5.10 Å². The second-order valence-corrected chi connectivity index (χ2v) is 7.43. The molecular weight excluding hydrogens is 312 g/mol. The number of fused-ring (bicyclic) bond motifs is 1. The van der Waals surface area contributed by atoms with Crippen molar-refractivity contribution in [3.63, 3.8) is 0 Å². The van der Waals surface area contributed by atoms with Gasteiger partial charge in [0.05, 0.1) is 12.6 Å². The van der Waals surface area contributed by atoms with Gasteiger partial charge in [0, 0.05) is 44.6 Å². The highest BCUT2D eigenvalue weighted by atomic mass is 16.3. The number of likely N-dealkylation sites (tertiary alicyclic amines) is 1. The van der Waals surface area contributed by atoms with Crippen LogP contribution in [0.3, 0.4) is 0 Å². The minimum Gasteiger partial charge on any atom is -0.390 e. The lowest BCUT2D eigenvalue weighted by molar-refractivity contribution is 0.0621. The van der Waals surface area contributed by atoms with Gasteiger partial charge in [-0.3, -0.25) is 14.5 Å². The van der Waals surface area contributed by atoms with Crippen LogP contribution in [0, 0.1) is 0 Å². The summed E-state index contributed by atoms with van der Waals surface area (Å²) in [5, 5.41) is 15.0. The van der Waals surface area contributed by atoms with Gasteiger partial charge in [-0.05, 0) is 43.0 Å². The van der Waals surface area contributed by atoms with E-state index in [2.05, 4.69) is 39.2 Å². The number of aliphatic hydroxyl groups excluding tert-OH is 1. The summed E-state index contributed by atoms with van der Waals surface area (Å²) in [6, 6.07) is 11.2. The lowest BCUT2D eigenvalue weighted by Crippen LogP contribution is -2.44. The Morgan fingerprint density at radius 3 is 2.84 bits per heavy atom. The second-order valence-electron chi connectivity index (χ2n) is 7.43. The highest BCUT2D eigenvalue weighted by molar-refractivity contribution is 5.29. The van der Waals surface area contributed by atoms with E-state index in [1.807, 2.05) is 23.1 Å². The van der Waals surface area contributed by atoms with Crippen molar-refractivity contribution in [3.8, 4) is 0 Å². The second kappa shape index (κ2) is 7.68. The number of nitrogens with zero attached hydrogens (tertiary/aromatic N) is 4. The van der Waals surface area contributed by atoms with Gasteiger partial charge in [-0.1, -0.05) is 24.3 Å². The molecule has 0 saturated carbocycles. The fourth-order valence-corrected chi connectivity index (χ4v) is 4.30.